The predicted molar refractivity (Wildman–Crippen MR) is 111 cm³/mol. The van der Waals surface area contributed by atoms with Gasteiger partial charge in [-0.2, -0.15) is 10.2 Å². The summed E-state index contributed by atoms with van der Waals surface area (Å²) in [5, 5.41) is 8.31. The highest BCUT2D eigenvalue weighted by atomic mass is 32.2. The van der Waals surface area contributed by atoms with Gasteiger partial charge in [0.25, 0.3) is 0 Å². The van der Waals surface area contributed by atoms with E-state index in [0.717, 1.165) is 22.5 Å². The van der Waals surface area contributed by atoms with Crippen LogP contribution in [-0.2, 0) is 23.5 Å². The third kappa shape index (κ3) is 4.28. The number of sulfonamides is 1. The summed E-state index contributed by atoms with van der Waals surface area (Å²) in [5.41, 5.74) is 3.98. The van der Waals surface area contributed by atoms with Crippen LogP contribution in [0.3, 0.4) is 0 Å². The summed E-state index contributed by atoms with van der Waals surface area (Å²) in [4.78, 5) is 0.236. The molecule has 0 amide bonds. The van der Waals surface area contributed by atoms with Gasteiger partial charge in [0.15, 0.2) is 0 Å². The van der Waals surface area contributed by atoms with Crippen LogP contribution in [0.15, 0.2) is 84.1 Å². The zero-order valence-corrected chi connectivity index (χ0v) is 16.7. The Labute approximate surface area is 169 Å². The Balaban J connectivity index is 1.36. The van der Waals surface area contributed by atoms with Crippen LogP contribution in [0.4, 0.5) is 0 Å². The van der Waals surface area contributed by atoms with E-state index in [1.807, 2.05) is 48.1 Å². The third-order valence-electron chi connectivity index (χ3n) is 4.69. The molecule has 4 aromatic rings. The van der Waals surface area contributed by atoms with Crippen LogP contribution in [0.25, 0.3) is 16.9 Å². The molecule has 0 aliphatic carbocycles. The van der Waals surface area contributed by atoms with Crippen LogP contribution < -0.4 is 4.72 Å². The first kappa shape index (κ1) is 19.1. The molecule has 2 aromatic carbocycles. The van der Waals surface area contributed by atoms with Crippen molar-refractivity contribution in [2.24, 2.45) is 7.05 Å². The minimum atomic E-state index is -3.56. The summed E-state index contributed by atoms with van der Waals surface area (Å²) >= 11 is 0. The molecule has 0 radical (unpaired) electrons. The number of benzene rings is 2. The molecule has 0 saturated carbocycles. The lowest BCUT2D eigenvalue weighted by Gasteiger charge is -2.09. The second-order valence-electron chi connectivity index (χ2n) is 6.63. The van der Waals surface area contributed by atoms with E-state index >= 15 is 0 Å². The Morgan fingerprint density at radius 3 is 2.31 bits per heavy atom. The van der Waals surface area contributed by atoms with E-state index in [-0.39, 0.29) is 4.90 Å². The highest BCUT2D eigenvalue weighted by Gasteiger charge is 2.13. The number of rotatable bonds is 7. The molecule has 0 saturated heterocycles. The molecule has 0 aliphatic rings. The van der Waals surface area contributed by atoms with Gasteiger partial charge in [-0.1, -0.05) is 24.3 Å². The second kappa shape index (κ2) is 8.02. The van der Waals surface area contributed by atoms with Gasteiger partial charge in [0.05, 0.1) is 16.3 Å². The quantitative estimate of drug-likeness (QED) is 0.511. The number of aromatic nitrogens is 4. The molecule has 0 bridgehead atoms. The van der Waals surface area contributed by atoms with Crippen molar-refractivity contribution < 1.29 is 8.42 Å². The molecule has 2 aromatic heterocycles. The van der Waals surface area contributed by atoms with Gasteiger partial charge in [0, 0.05) is 32.2 Å². The van der Waals surface area contributed by atoms with E-state index < -0.39 is 10.0 Å². The first-order chi connectivity index (χ1) is 14.0. The zero-order chi connectivity index (χ0) is 20.3. The van der Waals surface area contributed by atoms with Crippen molar-refractivity contribution in [3.05, 3.63) is 84.8 Å². The fraction of sp³-hybridized carbons (Fsp3) is 0.143. The minimum Gasteiger partial charge on any atom is -0.268 e. The smallest absolute Gasteiger partial charge is 0.240 e. The van der Waals surface area contributed by atoms with Crippen molar-refractivity contribution >= 4 is 10.0 Å². The summed E-state index contributed by atoms with van der Waals surface area (Å²) in [6, 6.07) is 18.5. The highest BCUT2D eigenvalue weighted by molar-refractivity contribution is 7.89. The Kier molecular flexibility index (Phi) is 5.28. The molecule has 8 heteroatoms. The average molecular weight is 407 g/mol. The summed E-state index contributed by atoms with van der Waals surface area (Å²) in [7, 11) is -1.65. The van der Waals surface area contributed by atoms with Crippen LogP contribution in [-0.4, -0.2) is 34.5 Å². The first-order valence-corrected chi connectivity index (χ1v) is 10.7. The van der Waals surface area contributed by atoms with Gasteiger partial charge in [0.1, 0.15) is 0 Å². The Hall–Kier alpha value is -3.23. The summed E-state index contributed by atoms with van der Waals surface area (Å²) in [6.07, 6.45) is 5.85. The third-order valence-corrected chi connectivity index (χ3v) is 6.17. The largest absolute Gasteiger partial charge is 0.268 e. The van der Waals surface area contributed by atoms with Crippen molar-refractivity contribution in [2.75, 3.05) is 6.54 Å². The van der Waals surface area contributed by atoms with E-state index in [4.69, 9.17) is 0 Å². The Morgan fingerprint density at radius 1 is 0.931 bits per heavy atom. The van der Waals surface area contributed by atoms with Crippen LogP contribution in [0.5, 0.6) is 0 Å². The summed E-state index contributed by atoms with van der Waals surface area (Å²) in [6.45, 7) is 0.328. The highest BCUT2D eigenvalue weighted by Crippen LogP contribution is 2.19. The van der Waals surface area contributed by atoms with Gasteiger partial charge in [-0.05, 0) is 53.9 Å². The number of hydrogen-bond donors (Lipinski definition) is 1. The predicted octanol–water partition coefficient (Wildman–Crippen LogP) is 2.79. The molecule has 0 aliphatic heterocycles. The fourth-order valence-electron chi connectivity index (χ4n) is 3.11. The van der Waals surface area contributed by atoms with E-state index in [0.29, 0.717) is 13.0 Å². The van der Waals surface area contributed by atoms with E-state index in [2.05, 4.69) is 14.9 Å². The minimum absolute atomic E-state index is 0.236. The molecule has 0 fully saturated rings. The van der Waals surface area contributed by atoms with Crippen molar-refractivity contribution in [3.8, 4) is 16.9 Å². The molecule has 1 N–H and O–H groups in total. The molecule has 0 spiro atoms. The summed E-state index contributed by atoms with van der Waals surface area (Å²) in [5.74, 6) is 0. The van der Waals surface area contributed by atoms with E-state index in [1.54, 1.807) is 47.5 Å². The SMILES string of the molecule is Cn1nccc1-c1ccc(CCNS(=O)(=O)c2ccc(-n3cccn3)cc2)cc1. The lowest BCUT2D eigenvalue weighted by molar-refractivity contribution is 0.581. The average Bonchev–Trinajstić information content (AvgIpc) is 3.41. The topological polar surface area (TPSA) is 81.8 Å². The van der Waals surface area contributed by atoms with Crippen LogP contribution >= 0.6 is 0 Å². The van der Waals surface area contributed by atoms with Gasteiger partial charge >= 0.3 is 0 Å². The Morgan fingerprint density at radius 2 is 1.69 bits per heavy atom. The molecule has 4 rings (SSSR count). The fourth-order valence-corrected chi connectivity index (χ4v) is 4.14. The van der Waals surface area contributed by atoms with Gasteiger partial charge in [-0.15, -0.1) is 0 Å². The van der Waals surface area contributed by atoms with Gasteiger partial charge in [0.2, 0.25) is 10.0 Å². The molecular formula is C21H21N5O2S. The van der Waals surface area contributed by atoms with E-state index in [9.17, 15) is 8.42 Å². The van der Waals surface area contributed by atoms with E-state index in [1.165, 1.54) is 0 Å². The zero-order valence-electron chi connectivity index (χ0n) is 15.9. The van der Waals surface area contributed by atoms with Crippen molar-refractivity contribution in [1.29, 1.82) is 0 Å². The molecule has 0 unspecified atom stereocenters. The number of hydrogen-bond acceptors (Lipinski definition) is 4. The van der Waals surface area contributed by atoms with Crippen molar-refractivity contribution in [2.45, 2.75) is 11.3 Å². The number of aryl methyl sites for hydroxylation is 1. The molecule has 2 heterocycles. The second-order valence-corrected chi connectivity index (χ2v) is 8.40. The maximum Gasteiger partial charge on any atom is 0.240 e. The van der Waals surface area contributed by atoms with Crippen LogP contribution in [0, 0.1) is 0 Å². The lowest BCUT2D eigenvalue weighted by Crippen LogP contribution is -2.26. The van der Waals surface area contributed by atoms with Gasteiger partial charge in [-0.3, -0.25) is 4.68 Å². The van der Waals surface area contributed by atoms with Gasteiger partial charge in [-0.25, -0.2) is 17.8 Å². The standard InChI is InChI=1S/C21H21N5O2S/c1-25-21(12-14-22-25)18-5-3-17(4-6-18)11-15-24-29(27,28)20-9-7-19(8-10-20)26-16-2-13-23-26/h2-10,12-14,16,24H,11,15H2,1H3. The Bertz CT molecular complexity index is 1180. The molecular weight excluding hydrogens is 386 g/mol. The van der Waals surface area contributed by atoms with Gasteiger partial charge < -0.3 is 0 Å². The summed E-state index contributed by atoms with van der Waals surface area (Å²) < 4.78 is 31.2. The number of nitrogens with one attached hydrogen (secondary N) is 1. The first-order valence-electron chi connectivity index (χ1n) is 9.20. The number of nitrogens with zero attached hydrogens (tertiary/aromatic N) is 4. The van der Waals surface area contributed by atoms with Crippen LogP contribution in [0.1, 0.15) is 5.56 Å². The lowest BCUT2D eigenvalue weighted by atomic mass is 10.1. The maximum atomic E-state index is 12.5. The normalized spacial score (nSPS) is 11.6. The van der Waals surface area contributed by atoms with Crippen molar-refractivity contribution in [1.82, 2.24) is 24.3 Å². The molecule has 29 heavy (non-hydrogen) atoms. The molecule has 148 valence electrons. The maximum absolute atomic E-state index is 12.5. The monoisotopic (exact) mass is 407 g/mol. The van der Waals surface area contributed by atoms with Crippen LogP contribution in [0.2, 0.25) is 0 Å². The van der Waals surface area contributed by atoms with Crippen molar-refractivity contribution in [3.63, 3.8) is 0 Å². The molecule has 7 nitrogen and oxygen atoms in total. The molecule has 0 atom stereocenters.